The van der Waals surface area contributed by atoms with E-state index in [2.05, 4.69) is 81.5 Å². The summed E-state index contributed by atoms with van der Waals surface area (Å²) in [5.41, 5.74) is 0. The number of ether oxygens (including phenoxy) is 3. The summed E-state index contributed by atoms with van der Waals surface area (Å²) in [6.07, 6.45) is 88.5. The molecular formula is C74H134O6. The highest BCUT2D eigenvalue weighted by Crippen LogP contribution is 2.18. The molecule has 0 spiro atoms. The van der Waals surface area contributed by atoms with Gasteiger partial charge in [0.15, 0.2) is 6.10 Å². The monoisotopic (exact) mass is 1120 g/mol. The molecule has 0 fully saturated rings. The Balaban J connectivity index is 4.00. The van der Waals surface area contributed by atoms with Crippen LogP contribution in [0.1, 0.15) is 374 Å². The normalized spacial score (nSPS) is 12.4. The van der Waals surface area contributed by atoms with Crippen molar-refractivity contribution in [1.82, 2.24) is 0 Å². The molecule has 0 aliphatic carbocycles. The van der Waals surface area contributed by atoms with Crippen LogP contribution in [0.5, 0.6) is 0 Å². The molecule has 0 aliphatic rings. The van der Waals surface area contributed by atoms with Gasteiger partial charge in [0.25, 0.3) is 0 Å². The molecule has 466 valence electrons. The zero-order valence-corrected chi connectivity index (χ0v) is 53.6. The van der Waals surface area contributed by atoms with Gasteiger partial charge >= 0.3 is 17.9 Å². The number of unbranched alkanes of at least 4 members (excludes halogenated alkanes) is 44. The third-order valence-corrected chi connectivity index (χ3v) is 15.7. The molecule has 0 aromatic rings. The van der Waals surface area contributed by atoms with Gasteiger partial charge in [-0.3, -0.25) is 14.4 Å². The van der Waals surface area contributed by atoms with E-state index >= 15 is 0 Å². The van der Waals surface area contributed by atoms with Gasteiger partial charge in [-0.2, -0.15) is 0 Å². The Hall–Kier alpha value is -2.89. The number of allylic oxidation sites excluding steroid dienone is 10. The van der Waals surface area contributed by atoms with Gasteiger partial charge in [-0.15, -0.1) is 0 Å². The lowest BCUT2D eigenvalue weighted by Gasteiger charge is -2.18. The summed E-state index contributed by atoms with van der Waals surface area (Å²) in [7, 11) is 0. The smallest absolute Gasteiger partial charge is 0.306 e. The van der Waals surface area contributed by atoms with Crippen molar-refractivity contribution >= 4 is 17.9 Å². The number of hydrogen-bond acceptors (Lipinski definition) is 6. The fourth-order valence-corrected chi connectivity index (χ4v) is 10.4. The van der Waals surface area contributed by atoms with Gasteiger partial charge in [0.1, 0.15) is 13.2 Å². The maximum atomic E-state index is 12.9. The molecule has 6 nitrogen and oxygen atoms in total. The zero-order valence-electron chi connectivity index (χ0n) is 53.6. The number of esters is 3. The van der Waals surface area contributed by atoms with E-state index in [1.165, 1.54) is 250 Å². The first-order valence-corrected chi connectivity index (χ1v) is 35.3. The van der Waals surface area contributed by atoms with Gasteiger partial charge < -0.3 is 14.2 Å². The third-order valence-electron chi connectivity index (χ3n) is 15.7. The average Bonchev–Trinajstić information content (AvgIpc) is 3.46. The minimum atomic E-state index is -0.777. The Morgan fingerprint density at radius 2 is 0.450 bits per heavy atom. The Morgan fingerprint density at radius 3 is 0.725 bits per heavy atom. The van der Waals surface area contributed by atoms with E-state index in [9.17, 15) is 14.4 Å². The molecule has 0 saturated carbocycles. The van der Waals surface area contributed by atoms with Crippen LogP contribution >= 0.6 is 0 Å². The molecule has 0 bridgehead atoms. The SMILES string of the molecule is CCCCC/C=C\C/C=C\C/C=C\CCCCCCCCC(=O)OC(COC(=O)CCCCCCCCCC)COC(=O)CCCCCCCCCCCCCCCCCCCCCCCCC/C=C\C/C=C\CCCCCCC. The molecule has 80 heavy (non-hydrogen) atoms. The van der Waals surface area contributed by atoms with Crippen molar-refractivity contribution in [3.63, 3.8) is 0 Å². The van der Waals surface area contributed by atoms with Crippen LogP contribution in [0.25, 0.3) is 0 Å². The standard InChI is InChI=1S/C74H134O6/c1-4-7-10-13-16-19-21-23-25-27-29-30-31-32-33-34-35-36-37-38-39-40-41-42-43-44-46-47-49-51-53-55-58-61-64-67-73(76)79-70-71(69-78-72(75)66-63-60-57-18-15-12-9-6-3)80-74(77)68-65-62-59-56-54-52-50-48-45-28-26-24-22-20-17-14-11-8-5-2/h17,20-21,23-24,26-27,29,45,48,71H,4-16,18-19,22,25,28,30-44,46-47,49-70H2,1-3H3/b20-17-,23-21-,26-24-,29-27-,48-45-. The lowest BCUT2D eigenvalue weighted by molar-refractivity contribution is -0.167. The summed E-state index contributed by atoms with van der Waals surface area (Å²) in [5, 5.41) is 0. The fourth-order valence-electron chi connectivity index (χ4n) is 10.4. The molecule has 0 aliphatic heterocycles. The number of carbonyl (C=O) groups excluding carboxylic acids is 3. The summed E-state index contributed by atoms with van der Waals surface area (Å²) in [6.45, 7) is 6.61. The quantitative estimate of drug-likeness (QED) is 0.0261. The van der Waals surface area contributed by atoms with Crippen LogP contribution in [0.4, 0.5) is 0 Å². The zero-order chi connectivity index (χ0) is 57.8. The molecular weight excluding hydrogens is 985 g/mol. The molecule has 0 N–H and O–H groups in total. The van der Waals surface area contributed by atoms with E-state index in [4.69, 9.17) is 14.2 Å². The summed E-state index contributed by atoms with van der Waals surface area (Å²) in [6, 6.07) is 0. The Bertz CT molecular complexity index is 1430. The van der Waals surface area contributed by atoms with E-state index < -0.39 is 6.10 Å². The first kappa shape index (κ1) is 77.1. The second-order valence-electron chi connectivity index (χ2n) is 23.8. The van der Waals surface area contributed by atoms with Gasteiger partial charge in [-0.05, 0) is 89.9 Å². The van der Waals surface area contributed by atoms with Gasteiger partial charge in [0.05, 0.1) is 0 Å². The molecule has 6 heteroatoms. The molecule has 0 amide bonds. The lowest BCUT2D eigenvalue weighted by Crippen LogP contribution is -2.30. The van der Waals surface area contributed by atoms with Crippen LogP contribution in [0.15, 0.2) is 60.8 Å². The van der Waals surface area contributed by atoms with Crippen molar-refractivity contribution in [3.05, 3.63) is 60.8 Å². The Morgan fingerprint density at radius 1 is 0.250 bits per heavy atom. The minimum absolute atomic E-state index is 0.0749. The molecule has 0 radical (unpaired) electrons. The average molecular weight is 1120 g/mol. The van der Waals surface area contributed by atoms with Crippen LogP contribution in [-0.2, 0) is 28.6 Å². The van der Waals surface area contributed by atoms with Crippen molar-refractivity contribution in [2.24, 2.45) is 0 Å². The summed E-state index contributed by atoms with van der Waals surface area (Å²) in [4.78, 5) is 38.2. The van der Waals surface area contributed by atoms with Gasteiger partial charge in [-0.1, -0.05) is 326 Å². The highest BCUT2D eigenvalue weighted by atomic mass is 16.6. The van der Waals surface area contributed by atoms with Crippen LogP contribution in [0.2, 0.25) is 0 Å². The second-order valence-corrected chi connectivity index (χ2v) is 23.8. The van der Waals surface area contributed by atoms with Gasteiger partial charge in [0, 0.05) is 19.3 Å². The molecule has 0 heterocycles. The molecule has 1 atom stereocenters. The van der Waals surface area contributed by atoms with Crippen molar-refractivity contribution < 1.29 is 28.6 Å². The molecule has 0 aromatic carbocycles. The van der Waals surface area contributed by atoms with E-state index in [1.54, 1.807) is 0 Å². The Labute approximate surface area is 498 Å². The topological polar surface area (TPSA) is 78.9 Å². The van der Waals surface area contributed by atoms with Gasteiger partial charge in [-0.25, -0.2) is 0 Å². The highest BCUT2D eigenvalue weighted by Gasteiger charge is 2.19. The number of carbonyl (C=O) groups is 3. The van der Waals surface area contributed by atoms with Crippen LogP contribution in [0, 0.1) is 0 Å². The minimum Gasteiger partial charge on any atom is -0.462 e. The second kappa shape index (κ2) is 68.6. The summed E-state index contributed by atoms with van der Waals surface area (Å²) < 4.78 is 16.9. The summed E-state index contributed by atoms with van der Waals surface area (Å²) in [5.74, 6) is -0.872. The largest absolute Gasteiger partial charge is 0.462 e. The predicted molar refractivity (Wildman–Crippen MR) is 348 cm³/mol. The van der Waals surface area contributed by atoms with Crippen molar-refractivity contribution in [2.75, 3.05) is 13.2 Å². The first-order valence-electron chi connectivity index (χ1n) is 35.3. The van der Waals surface area contributed by atoms with Crippen LogP contribution < -0.4 is 0 Å². The molecule has 0 aromatic heterocycles. The van der Waals surface area contributed by atoms with Crippen molar-refractivity contribution in [2.45, 2.75) is 380 Å². The number of hydrogen-bond donors (Lipinski definition) is 0. The Kier molecular flexibility index (Phi) is 66.1. The molecule has 0 saturated heterocycles. The van der Waals surface area contributed by atoms with Crippen molar-refractivity contribution in [1.29, 1.82) is 0 Å². The van der Waals surface area contributed by atoms with E-state index in [-0.39, 0.29) is 31.1 Å². The maximum Gasteiger partial charge on any atom is 0.306 e. The van der Waals surface area contributed by atoms with Gasteiger partial charge in [0.2, 0.25) is 0 Å². The van der Waals surface area contributed by atoms with E-state index in [0.29, 0.717) is 19.3 Å². The van der Waals surface area contributed by atoms with Crippen LogP contribution in [-0.4, -0.2) is 37.2 Å². The van der Waals surface area contributed by atoms with Crippen molar-refractivity contribution in [3.8, 4) is 0 Å². The summed E-state index contributed by atoms with van der Waals surface area (Å²) >= 11 is 0. The van der Waals surface area contributed by atoms with E-state index in [1.807, 2.05) is 0 Å². The number of rotatable bonds is 65. The fraction of sp³-hybridized carbons (Fsp3) is 0.824. The lowest BCUT2D eigenvalue weighted by atomic mass is 10.0. The predicted octanol–water partition coefficient (Wildman–Crippen LogP) is 24.3. The van der Waals surface area contributed by atoms with E-state index in [0.717, 1.165) is 83.5 Å². The third kappa shape index (κ3) is 65.9. The molecule has 1 unspecified atom stereocenters. The maximum absolute atomic E-state index is 12.9. The first-order chi connectivity index (χ1) is 39.5. The van der Waals surface area contributed by atoms with Crippen LogP contribution in [0.3, 0.4) is 0 Å². The molecule has 0 rings (SSSR count). The highest BCUT2D eigenvalue weighted by molar-refractivity contribution is 5.71.